The highest BCUT2D eigenvalue weighted by atomic mass is 32.1. The first kappa shape index (κ1) is 15.2. The fourth-order valence-electron chi connectivity index (χ4n) is 1.98. The van der Waals surface area contributed by atoms with Gasteiger partial charge in [0.05, 0.1) is 17.4 Å². The lowest BCUT2D eigenvalue weighted by molar-refractivity contribution is -0.137. The van der Waals surface area contributed by atoms with E-state index in [1.165, 1.54) is 36.0 Å². The summed E-state index contributed by atoms with van der Waals surface area (Å²) in [5, 5.41) is 14.5. The number of para-hydroxylation sites is 1. The van der Waals surface area contributed by atoms with Crippen LogP contribution in [0.1, 0.15) is 16.1 Å². The number of carboxylic acid groups (broad SMARTS) is 1. The van der Waals surface area contributed by atoms with Crippen molar-refractivity contribution in [2.45, 2.75) is 6.18 Å². The molecule has 1 aromatic carbocycles. The molecule has 0 atom stereocenters. The minimum atomic E-state index is -4.50. The molecule has 0 aliphatic rings. The average Bonchev–Trinajstić information content (AvgIpc) is 3.15. The summed E-state index contributed by atoms with van der Waals surface area (Å²) in [4.78, 5) is 14.7. The first-order valence-electron chi connectivity index (χ1n) is 6.27. The zero-order valence-corrected chi connectivity index (χ0v) is 12.1. The number of aromatic carboxylic acids is 1. The van der Waals surface area contributed by atoms with Gasteiger partial charge in [0.2, 0.25) is 0 Å². The van der Waals surface area contributed by atoms with Crippen molar-refractivity contribution >= 4 is 17.3 Å². The Bertz CT molecular complexity index is 870. The number of halogens is 3. The SMILES string of the molecule is O=C(O)c1csc(-c2cnn(-c3ccccc3C(F)(F)F)c2)n1. The molecule has 2 heterocycles. The molecular formula is C14H8F3N3O2S. The topological polar surface area (TPSA) is 68.0 Å². The number of alkyl halides is 3. The predicted molar refractivity (Wildman–Crippen MR) is 76.6 cm³/mol. The summed E-state index contributed by atoms with van der Waals surface area (Å²) in [5.74, 6) is -1.16. The third kappa shape index (κ3) is 2.95. The van der Waals surface area contributed by atoms with Crippen molar-refractivity contribution in [3.8, 4) is 16.3 Å². The molecule has 0 spiro atoms. The van der Waals surface area contributed by atoms with Crippen molar-refractivity contribution in [3.05, 3.63) is 53.3 Å². The molecule has 0 radical (unpaired) electrons. The number of carbonyl (C=O) groups is 1. The Kier molecular flexibility index (Phi) is 3.64. The van der Waals surface area contributed by atoms with E-state index in [0.717, 1.165) is 22.1 Å². The molecule has 0 aliphatic carbocycles. The maximum Gasteiger partial charge on any atom is 0.418 e. The van der Waals surface area contributed by atoms with Gasteiger partial charge in [-0.05, 0) is 12.1 Å². The third-order valence-corrected chi connectivity index (χ3v) is 3.90. The number of carboxylic acids is 1. The minimum absolute atomic E-state index is 0.110. The fraction of sp³-hybridized carbons (Fsp3) is 0.0714. The van der Waals surface area contributed by atoms with Crippen molar-refractivity contribution in [3.63, 3.8) is 0 Å². The van der Waals surface area contributed by atoms with Crippen LogP contribution >= 0.6 is 11.3 Å². The molecule has 1 N–H and O–H groups in total. The normalized spacial score (nSPS) is 11.6. The first-order chi connectivity index (χ1) is 10.9. The van der Waals surface area contributed by atoms with Gasteiger partial charge in [-0.1, -0.05) is 12.1 Å². The number of nitrogens with zero attached hydrogens (tertiary/aromatic N) is 3. The van der Waals surface area contributed by atoms with Gasteiger partial charge in [-0.3, -0.25) is 0 Å². The number of hydrogen-bond acceptors (Lipinski definition) is 4. The Morgan fingerprint density at radius 1 is 1.26 bits per heavy atom. The molecule has 2 aromatic heterocycles. The van der Waals surface area contributed by atoms with E-state index < -0.39 is 17.7 Å². The van der Waals surface area contributed by atoms with Crippen molar-refractivity contribution < 1.29 is 23.1 Å². The summed E-state index contributed by atoms with van der Waals surface area (Å²) >= 11 is 1.08. The van der Waals surface area contributed by atoms with Gasteiger partial charge in [-0.25, -0.2) is 14.5 Å². The Morgan fingerprint density at radius 2 is 2.00 bits per heavy atom. The second-order valence-electron chi connectivity index (χ2n) is 4.53. The van der Waals surface area contributed by atoms with Crippen molar-refractivity contribution in [2.24, 2.45) is 0 Å². The van der Waals surface area contributed by atoms with Crippen LogP contribution in [0.3, 0.4) is 0 Å². The summed E-state index contributed by atoms with van der Waals surface area (Å²) in [6.45, 7) is 0. The van der Waals surface area contributed by atoms with Gasteiger partial charge >= 0.3 is 12.1 Å². The molecule has 9 heteroatoms. The van der Waals surface area contributed by atoms with E-state index in [9.17, 15) is 18.0 Å². The van der Waals surface area contributed by atoms with Gasteiger partial charge in [0.25, 0.3) is 0 Å². The molecule has 3 rings (SSSR count). The molecule has 0 saturated heterocycles. The largest absolute Gasteiger partial charge is 0.476 e. The Balaban J connectivity index is 2.01. The van der Waals surface area contributed by atoms with Crippen LogP contribution in [-0.2, 0) is 6.18 Å². The smallest absolute Gasteiger partial charge is 0.418 e. The number of thiazole rings is 1. The third-order valence-electron chi connectivity index (χ3n) is 3.01. The zero-order chi connectivity index (χ0) is 16.6. The Morgan fingerprint density at radius 3 is 2.65 bits per heavy atom. The van der Waals surface area contributed by atoms with E-state index >= 15 is 0 Å². The van der Waals surface area contributed by atoms with Crippen LogP contribution in [0.25, 0.3) is 16.3 Å². The van der Waals surface area contributed by atoms with Crippen molar-refractivity contribution in [1.29, 1.82) is 0 Å². The molecule has 5 nitrogen and oxygen atoms in total. The molecule has 118 valence electrons. The maximum atomic E-state index is 13.0. The quantitative estimate of drug-likeness (QED) is 0.790. The van der Waals surface area contributed by atoms with Gasteiger partial charge in [-0.15, -0.1) is 11.3 Å². The lowest BCUT2D eigenvalue weighted by Crippen LogP contribution is -2.10. The van der Waals surface area contributed by atoms with E-state index in [0.29, 0.717) is 10.6 Å². The van der Waals surface area contributed by atoms with Gasteiger partial charge in [0, 0.05) is 17.1 Å². The van der Waals surface area contributed by atoms with Crippen LogP contribution in [0.15, 0.2) is 42.0 Å². The summed E-state index contributed by atoms with van der Waals surface area (Å²) < 4.78 is 40.2. The van der Waals surface area contributed by atoms with E-state index in [4.69, 9.17) is 5.11 Å². The zero-order valence-electron chi connectivity index (χ0n) is 11.3. The molecule has 23 heavy (non-hydrogen) atoms. The van der Waals surface area contributed by atoms with Crippen LogP contribution in [0.5, 0.6) is 0 Å². The van der Waals surface area contributed by atoms with Gasteiger partial charge in [0.15, 0.2) is 5.69 Å². The standard InChI is InChI=1S/C14H8F3N3O2S/c15-14(16,17)9-3-1-2-4-11(9)20-6-8(5-18-20)12-19-10(7-23-12)13(21)22/h1-7H,(H,21,22). The Labute approximate surface area is 131 Å². The fourth-order valence-corrected chi connectivity index (χ4v) is 2.75. The lowest BCUT2D eigenvalue weighted by Gasteiger charge is -2.12. The minimum Gasteiger partial charge on any atom is -0.476 e. The van der Waals surface area contributed by atoms with Crippen LogP contribution < -0.4 is 0 Å². The maximum absolute atomic E-state index is 13.0. The van der Waals surface area contributed by atoms with Gasteiger partial charge in [0.1, 0.15) is 5.01 Å². The summed E-state index contributed by atoms with van der Waals surface area (Å²) in [7, 11) is 0. The molecule has 3 aromatic rings. The monoisotopic (exact) mass is 339 g/mol. The van der Waals surface area contributed by atoms with Crippen molar-refractivity contribution in [1.82, 2.24) is 14.8 Å². The lowest BCUT2D eigenvalue weighted by atomic mass is 10.1. The average molecular weight is 339 g/mol. The van der Waals surface area contributed by atoms with Crippen LogP contribution in [0.2, 0.25) is 0 Å². The van der Waals surface area contributed by atoms with Crippen molar-refractivity contribution in [2.75, 3.05) is 0 Å². The molecular weight excluding hydrogens is 331 g/mol. The van der Waals surface area contributed by atoms with E-state index in [2.05, 4.69) is 10.1 Å². The van der Waals surface area contributed by atoms with E-state index in [1.54, 1.807) is 0 Å². The molecule has 0 unspecified atom stereocenters. The summed E-state index contributed by atoms with van der Waals surface area (Å²) in [6, 6.07) is 5.07. The highest BCUT2D eigenvalue weighted by Gasteiger charge is 2.33. The molecule has 0 fully saturated rings. The Hall–Kier alpha value is -2.68. The number of rotatable bonds is 3. The number of aromatic nitrogens is 3. The van der Waals surface area contributed by atoms with Crippen LogP contribution in [0.4, 0.5) is 13.2 Å². The number of benzene rings is 1. The molecule has 0 aliphatic heterocycles. The molecule has 0 amide bonds. The molecule has 0 bridgehead atoms. The number of hydrogen-bond donors (Lipinski definition) is 1. The summed E-state index contributed by atoms with van der Waals surface area (Å²) in [5.41, 5.74) is -0.589. The predicted octanol–water partition coefficient (Wildman–Crippen LogP) is 3.71. The second kappa shape index (κ2) is 5.51. The van der Waals surface area contributed by atoms with E-state index in [1.807, 2.05) is 0 Å². The second-order valence-corrected chi connectivity index (χ2v) is 5.39. The van der Waals surface area contributed by atoms with Gasteiger partial charge < -0.3 is 5.11 Å². The highest BCUT2D eigenvalue weighted by Crippen LogP contribution is 2.34. The highest BCUT2D eigenvalue weighted by molar-refractivity contribution is 7.13. The van der Waals surface area contributed by atoms with Crippen LogP contribution in [-0.4, -0.2) is 25.8 Å². The van der Waals surface area contributed by atoms with E-state index in [-0.39, 0.29) is 11.4 Å². The first-order valence-corrected chi connectivity index (χ1v) is 7.14. The molecule has 0 saturated carbocycles. The summed E-state index contributed by atoms with van der Waals surface area (Å²) in [6.07, 6.45) is -1.77. The van der Waals surface area contributed by atoms with Crippen LogP contribution in [0, 0.1) is 0 Å². The van der Waals surface area contributed by atoms with Gasteiger partial charge in [-0.2, -0.15) is 18.3 Å².